The molecule has 70 valence electrons. The molecule has 2 rings (SSSR count). The van der Waals surface area contributed by atoms with E-state index in [1.54, 1.807) is 0 Å². The molecule has 0 saturated carbocycles. The van der Waals surface area contributed by atoms with Gasteiger partial charge in [-0.2, -0.15) is 0 Å². The van der Waals surface area contributed by atoms with Crippen LogP contribution in [0.5, 0.6) is 0 Å². The first kappa shape index (κ1) is 9.77. The highest BCUT2D eigenvalue weighted by Gasteiger charge is 2.31. The minimum absolute atomic E-state index is 0. The summed E-state index contributed by atoms with van der Waals surface area (Å²) in [7, 11) is 0. The summed E-state index contributed by atoms with van der Waals surface area (Å²) in [6, 6.07) is 0.199. The maximum absolute atomic E-state index is 10.9. The van der Waals surface area contributed by atoms with E-state index in [2.05, 4.69) is 10.6 Å². The second-order valence-corrected chi connectivity index (χ2v) is 3.02. The molecule has 2 N–H and O–H groups in total. The largest absolute Gasteiger partial charge is 0.366 e. The van der Waals surface area contributed by atoms with Crippen LogP contribution in [0.3, 0.4) is 0 Å². The fourth-order valence-corrected chi connectivity index (χ4v) is 1.61. The Balaban J connectivity index is 0.000000720. The third-order valence-electron chi connectivity index (χ3n) is 2.19. The molecule has 0 aliphatic carbocycles. The van der Waals surface area contributed by atoms with E-state index in [0.29, 0.717) is 0 Å². The van der Waals surface area contributed by atoms with Gasteiger partial charge in [0.15, 0.2) is 0 Å². The van der Waals surface area contributed by atoms with E-state index in [4.69, 9.17) is 4.74 Å². The third-order valence-corrected chi connectivity index (χ3v) is 2.19. The highest BCUT2D eigenvalue weighted by molar-refractivity contribution is 5.85. The van der Waals surface area contributed by atoms with Crippen molar-refractivity contribution in [2.24, 2.45) is 0 Å². The fraction of sp³-hybridized carbons (Fsp3) is 0.857. The zero-order valence-corrected chi connectivity index (χ0v) is 7.52. The zero-order chi connectivity index (χ0) is 7.68. The molecule has 0 aromatic carbocycles. The van der Waals surface area contributed by atoms with Crippen molar-refractivity contribution in [3.63, 3.8) is 0 Å². The van der Waals surface area contributed by atoms with Gasteiger partial charge in [-0.3, -0.25) is 4.79 Å². The van der Waals surface area contributed by atoms with Crippen molar-refractivity contribution >= 4 is 18.3 Å². The summed E-state index contributed by atoms with van der Waals surface area (Å²) < 4.78 is 5.34. The van der Waals surface area contributed by atoms with Gasteiger partial charge in [-0.1, -0.05) is 0 Å². The Kier molecular flexibility index (Phi) is 3.31. The Bertz CT molecular complexity index is 177. The Hall–Kier alpha value is -0.320. The Labute approximate surface area is 77.4 Å². The highest BCUT2D eigenvalue weighted by Crippen LogP contribution is 2.11. The molecule has 4 nitrogen and oxygen atoms in total. The van der Waals surface area contributed by atoms with Gasteiger partial charge in [0.2, 0.25) is 5.91 Å². The van der Waals surface area contributed by atoms with Crippen LogP contribution >= 0.6 is 12.4 Å². The van der Waals surface area contributed by atoms with Gasteiger partial charge in [-0.05, 0) is 13.0 Å². The topological polar surface area (TPSA) is 50.4 Å². The van der Waals surface area contributed by atoms with Crippen molar-refractivity contribution in [2.45, 2.75) is 18.6 Å². The van der Waals surface area contributed by atoms with E-state index in [9.17, 15) is 4.79 Å². The maximum atomic E-state index is 10.9. The number of nitrogens with one attached hydrogen (secondary N) is 2. The number of piperidine rings is 1. The second kappa shape index (κ2) is 4.07. The van der Waals surface area contributed by atoms with Crippen LogP contribution in [0.1, 0.15) is 6.42 Å². The lowest BCUT2D eigenvalue weighted by Gasteiger charge is -2.35. The van der Waals surface area contributed by atoms with Crippen molar-refractivity contribution in [1.82, 2.24) is 10.6 Å². The molecule has 1 amide bonds. The van der Waals surface area contributed by atoms with E-state index < -0.39 is 0 Å². The fourth-order valence-electron chi connectivity index (χ4n) is 1.61. The standard InChI is InChI=1S/C7H12N2O2.ClH/c10-7-4-11-6-1-2-8-3-5(6)9-7;/h5-6,8H,1-4H2,(H,9,10);1H/t5-,6-;/m0./s1. The van der Waals surface area contributed by atoms with Gasteiger partial charge in [0, 0.05) is 6.54 Å². The first-order chi connectivity index (χ1) is 5.36. The molecular formula is C7H13ClN2O2. The van der Waals surface area contributed by atoms with E-state index in [0.717, 1.165) is 19.5 Å². The van der Waals surface area contributed by atoms with Crippen LogP contribution in [0.2, 0.25) is 0 Å². The molecule has 0 unspecified atom stereocenters. The molecule has 0 aromatic heterocycles. The molecule has 2 fully saturated rings. The average Bonchev–Trinajstić information content (AvgIpc) is 2.04. The van der Waals surface area contributed by atoms with E-state index in [1.807, 2.05) is 0 Å². The summed E-state index contributed by atoms with van der Waals surface area (Å²) in [5.41, 5.74) is 0. The van der Waals surface area contributed by atoms with E-state index in [1.165, 1.54) is 0 Å². The van der Waals surface area contributed by atoms with Crippen LogP contribution in [0, 0.1) is 0 Å². The van der Waals surface area contributed by atoms with Crippen molar-refractivity contribution in [3.05, 3.63) is 0 Å². The average molecular weight is 193 g/mol. The predicted octanol–water partition coefficient (Wildman–Crippen LogP) is -0.715. The zero-order valence-electron chi connectivity index (χ0n) is 6.71. The second-order valence-electron chi connectivity index (χ2n) is 3.02. The number of hydrogen-bond donors (Lipinski definition) is 2. The van der Waals surface area contributed by atoms with E-state index in [-0.39, 0.29) is 37.1 Å². The van der Waals surface area contributed by atoms with Crippen LogP contribution in [0.4, 0.5) is 0 Å². The number of halogens is 1. The normalized spacial score (nSPS) is 34.5. The van der Waals surface area contributed by atoms with Crippen molar-refractivity contribution in [3.8, 4) is 0 Å². The summed E-state index contributed by atoms with van der Waals surface area (Å²) in [6.07, 6.45) is 1.25. The van der Waals surface area contributed by atoms with Crippen molar-refractivity contribution in [1.29, 1.82) is 0 Å². The number of amides is 1. The Morgan fingerprint density at radius 3 is 3.17 bits per heavy atom. The van der Waals surface area contributed by atoms with Gasteiger partial charge in [0.1, 0.15) is 6.61 Å². The summed E-state index contributed by atoms with van der Waals surface area (Å²) in [5.74, 6) is 0.00921. The van der Waals surface area contributed by atoms with Gasteiger partial charge >= 0.3 is 0 Å². The van der Waals surface area contributed by atoms with Gasteiger partial charge < -0.3 is 15.4 Å². The first-order valence-electron chi connectivity index (χ1n) is 3.98. The Morgan fingerprint density at radius 2 is 2.33 bits per heavy atom. The van der Waals surface area contributed by atoms with Crippen LogP contribution < -0.4 is 10.6 Å². The monoisotopic (exact) mass is 192 g/mol. The van der Waals surface area contributed by atoms with Crippen LogP contribution in [0.15, 0.2) is 0 Å². The number of rotatable bonds is 0. The molecular weight excluding hydrogens is 180 g/mol. The number of morpholine rings is 1. The van der Waals surface area contributed by atoms with E-state index >= 15 is 0 Å². The van der Waals surface area contributed by atoms with Gasteiger partial charge in [-0.15, -0.1) is 12.4 Å². The molecule has 2 heterocycles. The Morgan fingerprint density at radius 1 is 1.50 bits per heavy atom. The molecule has 12 heavy (non-hydrogen) atoms. The SMILES string of the molecule is Cl.O=C1CO[C@H]2CCNC[C@@H]2N1. The van der Waals surface area contributed by atoms with Crippen LogP contribution in [-0.4, -0.2) is 37.7 Å². The van der Waals surface area contributed by atoms with Crippen molar-refractivity contribution < 1.29 is 9.53 Å². The molecule has 2 atom stereocenters. The number of carbonyl (C=O) groups is 1. The molecule has 0 radical (unpaired) electrons. The summed E-state index contributed by atoms with van der Waals surface area (Å²) >= 11 is 0. The molecule has 0 aromatic rings. The highest BCUT2D eigenvalue weighted by atomic mass is 35.5. The summed E-state index contributed by atoms with van der Waals surface area (Å²) in [4.78, 5) is 10.9. The third kappa shape index (κ3) is 1.88. The molecule has 5 heteroatoms. The quantitative estimate of drug-likeness (QED) is 0.533. The number of fused-ring (bicyclic) bond motifs is 1. The molecule has 2 aliphatic heterocycles. The molecule has 0 bridgehead atoms. The lowest BCUT2D eigenvalue weighted by molar-refractivity contribution is -0.138. The number of carbonyl (C=O) groups excluding carboxylic acids is 1. The lowest BCUT2D eigenvalue weighted by Crippen LogP contribution is -2.59. The molecule has 2 aliphatic rings. The summed E-state index contributed by atoms with van der Waals surface area (Å²) in [5, 5.41) is 6.10. The van der Waals surface area contributed by atoms with Gasteiger partial charge in [-0.25, -0.2) is 0 Å². The molecule has 2 saturated heterocycles. The minimum atomic E-state index is 0. The molecule has 0 spiro atoms. The smallest absolute Gasteiger partial charge is 0.246 e. The lowest BCUT2D eigenvalue weighted by atomic mass is 10.0. The predicted molar refractivity (Wildman–Crippen MR) is 46.4 cm³/mol. The van der Waals surface area contributed by atoms with Crippen LogP contribution in [0.25, 0.3) is 0 Å². The van der Waals surface area contributed by atoms with Crippen molar-refractivity contribution in [2.75, 3.05) is 19.7 Å². The minimum Gasteiger partial charge on any atom is -0.366 e. The number of hydrogen-bond acceptors (Lipinski definition) is 3. The van der Waals surface area contributed by atoms with Gasteiger partial charge in [0.25, 0.3) is 0 Å². The van der Waals surface area contributed by atoms with Crippen LogP contribution in [-0.2, 0) is 9.53 Å². The summed E-state index contributed by atoms with van der Waals surface area (Å²) in [6.45, 7) is 2.08. The number of ether oxygens (including phenoxy) is 1. The maximum Gasteiger partial charge on any atom is 0.246 e. The first-order valence-corrected chi connectivity index (χ1v) is 3.98. The van der Waals surface area contributed by atoms with Gasteiger partial charge in [0.05, 0.1) is 12.1 Å².